The van der Waals surface area contributed by atoms with Crippen LogP contribution in [0.1, 0.15) is 24.0 Å². The standard InChI is InChI=1S/C22H18ClNO3/c1-2-26-22(25)19-18(13-8-4-3-5-9-13)16-12-17(23)14-10-6-7-11-15(14)20(16)27-21(19)24/h3-12,18-19,24H,2H2,1H3. The van der Waals surface area contributed by atoms with Gasteiger partial charge >= 0.3 is 5.97 Å². The van der Waals surface area contributed by atoms with Crippen molar-refractivity contribution in [3.05, 3.63) is 76.8 Å². The lowest BCUT2D eigenvalue weighted by molar-refractivity contribution is -0.146. The molecule has 1 aliphatic heterocycles. The summed E-state index contributed by atoms with van der Waals surface area (Å²) in [7, 11) is 0. The van der Waals surface area contributed by atoms with Gasteiger partial charge < -0.3 is 9.47 Å². The van der Waals surface area contributed by atoms with Crippen molar-refractivity contribution in [3.63, 3.8) is 0 Å². The van der Waals surface area contributed by atoms with E-state index < -0.39 is 17.8 Å². The number of fused-ring (bicyclic) bond motifs is 3. The minimum Gasteiger partial charge on any atom is -0.465 e. The second-order valence-corrected chi connectivity index (χ2v) is 6.81. The van der Waals surface area contributed by atoms with E-state index in [9.17, 15) is 4.79 Å². The molecule has 0 bridgehead atoms. The highest BCUT2D eigenvalue weighted by atomic mass is 35.5. The zero-order valence-corrected chi connectivity index (χ0v) is 15.5. The Morgan fingerprint density at radius 3 is 2.48 bits per heavy atom. The highest BCUT2D eigenvalue weighted by Crippen LogP contribution is 2.47. The number of esters is 1. The van der Waals surface area contributed by atoms with Gasteiger partial charge in [-0.05, 0) is 18.6 Å². The lowest BCUT2D eigenvalue weighted by Crippen LogP contribution is -2.38. The number of carbonyl (C=O) groups is 1. The molecule has 3 aromatic rings. The molecule has 136 valence electrons. The first-order valence-electron chi connectivity index (χ1n) is 8.80. The molecule has 5 heteroatoms. The molecule has 0 saturated heterocycles. The molecule has 0 radical (unpaired) electrons. The molecule has 1 aliphatic rings. The summed E-state index contributed by atoms with van der Waals surface area (Å²) in [6, 6.07) is 19.1. The predicted molar refractivity (Wildman–Crippen MR) is 106 cm³/mol. The monoisotopic (exact) mass is 379 g/mol. The first-order chi connectivity index (χ1) is 13.1. The van der Waals surface area contributed by atoms with E-state index >= 15 is 0 Å². The summed E-state index contributed by atoms with van der Waals surface area (Å²) in [5.41, 5.74) is 1.70. The molecule has 4 nitrogen and oxygen atoms in total. The largest absolute Gasteiger partial charge is 0.465 e. The second-order valence-electron chi connectivity index (χ2n) is 6.41. The number of nitrogens with one attached hydrogen (secondary N) is 1. The summed E-state index contributed by atoms with van der Waals surface area (Å²) in [6.07, 6.45) is 0. The van der Waals surface area contributed by atoms with Gasteiger partial charge in [0, 0.05) is 27.3 Å². The fraction of sp³-hybridized carbons (Fsp3) is 0.182. The number of rotatable bonds is 3. The Bertz CT molecular complexity index is 1030. The lowest BCUT2D eigenvalue weighted by Gasteiger charge is -2.33. The fourth-order valence-corrected chi connectivity index (χ4v) is 3.96. The Morgan fingerprint density at radius 1 is 1.11 bits per heavy atom. The normalized spacial score (nSPS) is 18.7. The predicted octanol–water partition coefficient (Wildman–Crippen LogP) is 5.17. The molecule has 0 saturated carbocycles. The average molecular weight is 380 g/mol. The number of halogens is 1. The highest BCUT2D eigenvalue weighted by Gasteiger charge is 2.43. The number of ether oxygens (including phenoxy) is 2. The van der Waals surface area contributed by atoms with Gasteiger partial charge in [0.1, 0.15) is 11.7 Å². The summed E-state index contributed by atoms with van der Waals surface area (Å²) in [4.78, 5) is 12.7. The molecule has 2 atom stereocenters. The molecule has 1 heterocycles. The Morgan fingerprint density at radius 2 is 1.78 bits per heavy atom. The van der Waals surface area contributed by atoms with E-state index in [0.717, 1.165) is 21.9 Å². The van der Waals surface area contributed by atoms with Gasteiger partial charge in [-0.3, -0.25) is 10.2 Å². The zero-order chi connectivity index (χ0) is 19.0. The van der Waals surface area contributed by atoms with Crippen LogP contribution in [0.3, 0.4) is 0 Å². The van der Waals surface area contributed by atoms with E-state index in [1.807, 2.05) is 60.7 Å². The number of hydrogen-bond acceptors (Lipinski definition) is 4. The van der Waals surface area contributed by atoms with E-state index in [2.05, 4.69) is 0 Å². The molecule has 2 unspecified atom stereocenters. The molecule has 1 N–H and O–H groups in total. The molecule has 0 amide bonds. The average Bonchev–Trinajstić information content (AvgIpc) is 2.69. The van der Waals surface area contributed by atoms with Gasteiger partial charge in [0.2, 0.25) is 5.90 Å². The molecular weight excluding hydrogens is 362 g/mol. The van der Waals surface area contributed by atoms with Crippen LogP contribution < -0.4 is 4.74 Å². The molecule has 3 aromatic carbocycles. The third-order valence-electron chi connectivity index (χ3n) is 4.84. The maximum absolute atomic E-state index is 12.7. The maximum Gasteiger partial charge on any atom is 0.319 e. The van der Waals surface area contributed by atoms with Crippen LogP contribution in [0.2, 0.25) is 5.02 Å². The molecule has 0 fully saturated rings. The van der Waals surface area contributed by atoms with Gasteiger partial charge in [-0.25, -0.2) is 0 Å². The van der Waals surface area contributed by atoms with Crippen molar-refractivity contribution in [2.45, 2.75) is 12.8 Å². The first-order valence-corrected chi connectivity index (χ1v) is 9.18. The summed E-state index contributed by atoms with van der Waals surface area (Å²) >= 11 is 6.55. The highest BCUT2D eigenvalue weighted by molar-refractivity contribution is 6.36. The Balaban J connectivity index is 1.99. The quantitative estimate of drug-likeness (QED) is 0.638. The molecule has 0 spiro atoms. The van der Waals surface area contributed by atoms with Crippen molar-refractivity contribution < 1.29 is 14.3 Å². The van der Waals surface area contributed by atoms with Crippen LogP contribution in [0, 0.1) is 11.3 Å². The van der Waals surface area contributed by atoms with E-state index in [4.69, 9.17) is 26.5 Å². The summed E-state index contributed by atoms with van der Waals surface area (Å²) in [6.45, 7) is 2.00. The van der Waals surface area contributed by atoms with Crippen LogP contribution in [-0.4, -0.2) is 18.5 Å². The van der Waals surface area contributed by atoms with Crippen molar-refractivity contribution in [1.29, 1.82) is 5.41 Å². The van der Waals surface area contributed by atoms with E-state index in [-0.39, 0.29) is 12.5 Å². The van der Waals surface area contributed by atoms with Gasteiger partial charge in [-0.1, -0.05) is 66.2 Å². The van der Waals surface area contributed by atoms with Gasteiger partial charge in [0.05, 0.1) is 6.61 Å². The van der Waals surface area contributed by atoms with Crippen molar-refractivity contribution >= 4 is 34.2 Å². The third kappa shape index (κ3) is 2.96. The minimum absolute atomic E-state index is 0.109. The summed E-state index contributed by atoms with van der Waals surface area (Å²) in [5.74, 6) is -1.25. The number of carbonyl (C=O) groups excluding carboxylic acids is 1. The second kappa shape index (κ2) is 7.05. The molecular formula is C22H18ClNO3. The van der Waals surface area contributed by atoms with Crippen molar-refractivity contribution in [1.82, 2.24) is 0 Å². The van der Waals surface area contributed by atoms with Crippen LogP contribution in [0.25, 0.3) is 10.8 Å². The summed E-state index contributed by atoms with van der Waals surface area (Å²) in [5, 5.41) is 10.7. The van der Waals surface area contributed by atoms with Crippen molar-refractivity contribution in [3.8, 4) is 5.75 Å². The zero-order valence-electron chi connectivity index (χ0n) is 14.7. The van der Waals surface area contributed by atoms with Crippen molar-refractivity contribution in [2.24, 2.45) is 5.92 Å². The topological polar surface area (TPSA) is 59.4 Å². The Labute approximate surface area is 162 Å². The van der Waals surface area contributed by atoms with Gasteiger partial charge in [0.15, 0.2) is 0 Å². The van der Waals surface area contributed by atoms with Gasteiger partial charge in [-0.15, -0.1) is 0 Å². The number of hydrogen-bond donors (Lipinski definition) is 1. The van der Waals surface area contributed by atoms with Crippen LogP contribution in [0.5, 0.6) is 5.75 Å². The van der Waals surface area contributed by atoms with E-state index in [1.165, 1.54) is 0 Å². The SMILES string of the molecule is CCOC(=O)C1C(=N)Oc2c(cc(Cl)c3ccccc23)C1c1ccccc1. The van der Waals surface area contributed by atoms with Crippen LogP contribution in [0.4, 0.5) is 0 Å². The molecule has 27 heavy (non-hydrogen) atoms. The Hall–Kier alpha value is -2.85. The molecule has 4 rings (SSSR count). The third-order valence-corrected chi connectivity index (χ3v) is 5.15. The van der Waals surface area contributed by atoms with Crippen LogP contribution >= 0.6 is 11.6 Å². The first kappa shape index (κ1) is 17.6. The number of benzene rings is 3. The van der Waals surface area contributed by atoms with E-state index in [0.29, 0.717) is 10.8 Å². The fourth-order valence-electron chi connectivity index (χ4n) is 3.68. The molecule has 0 aliphatic carbocycles. The van der Waals surface area contributed by atoms with Gasteiger partial charge in [0.25, 0.3) is 0 Å². The van der Waals surface area contributed by atoms with Crippen molar-refractivity contribution in [2.75, 3.05) is 6.61 Å². The summed E-state index contributed by atoms with van der Waals surface area (Å²) < 4.78 is 11.1. The van der Waals surface area contributed by atoms with Crippen LogP contribution in [0.15, 0.2) is 60.7 Å². The van der Waals surface area contributed by atoms with Crippen LogP contribution in [-0.2, 0) is 9.53 Å². The molecule has 0 aromatic heterocycles. The van der Waals surface area contributed by atoms with E-state index in [1.54, 1.807) is 6.92 Å². The Kier molecular flexibility index (Phi) is 4.58. The minimum atomic E-state index is -0.850. The lowest BCUT2D eigenvalue weighted by atomic mass is 9.77. The smallest absolute Gasteiger partial charge is 0.319 e. The maximum atomic E-state index is 12.7. The van der Waals surface area contributed by atoms with Gasteiger partial charge in [-0.2, -0.15) is 0 Å².